The highest BCUT2D eigenvalue weighted by Gasteiger charge is 2.15. The molecule has 0 heterocycles. The van der Waals surface area contributed by atoms with Crippen LogP contribution in [-0.2, 0) is 11.2 Å². The van der Waals surface area contributed by atoms with Crippen LogP contribution in [0.1, 0.15) is 25.8 Å². The van der Waals surface area contributed by atoms with Gasteiger partial charge >= 0.3 is 0 Å². The zero-order valence-corrected chi connectivity index (χ0v) is 9.64. The number of ketones is 1. The van der Waals surface area contributed by atoms with Gasteiger partial charge in [0.2, 0.25) is 0 Å². The Labute approximate surface area is 94.3 Å². The van der Waals surface area contributed by atoms with Crippen molar-refractivity contribution < 1.29 is 9.18 Å². The Kier molecular flexibility index (Phi) is 4.28. The van der Waals surface area contributed by atoms with E-state index in [9.17, 15) is 9.18 Å². The zero-order chi connectivity index (χ0) is 11.4. The van der Waals surface area contributed by atoms with E-state index in [0.717, 1.165) is 6.42 Å². The van der Waals surface area contributed by atoms with E-state index < -0.39 is 0 Å². The lowest BCUT2D eigenvalue weighted by Gasteiger charge is -2.11. The van der Waals surface area contributed by atoms with E-state index in [1.54, 1.807) is 6.07 Å². The Morgan fingerprint density at radius 2 is 2.20 bits per heavy atom. The van der Waals surface area contributed by atoms with E-state index in [1.165, 1.54) is 19.1 Å². The average molecular weight is 229 g/mol. The van der Waals surface area contributed by atoms with Gasteiger partial charge in [0.1, 0.15) is 11.6 Å². The molecule has 0 amide bonds. The molecule has 1 aromatic carbocycles. The molecule has 1 nitrogen and oxygen atoms in total. The third kappa shape index (κ3) is 3.31. The molecule has 0 bridgehead atoms. The maximum absolute atomic E-state index is 13.4. The zero-order valence-electron chi connectivity index (χ0n) is 8.89. The Morgan fingerprint density at radius 3 is 2.73 bits per heavy atom. The summed E-state index contributed by atoms with van der Waals surface area (Å²) in [6.07, 6.45) is 1.15. The lowest BCUT2D eigenvalue weighted by molar-refractivity contribution is -0.120. The summed E-state index contributed by atoms with van der Waals surface area (Å²) < 4.78 is 13.4. The Morgan fingerprint density at radius 1 is 1.53 bits per heavy atom. The van der Waals surface area contributed by atoms with Crippen LogP contribution in [0.5, 0.6) is 0 Å². The summed E-state index contributed by atoms with van der Waals surface area (Å²) in [5.74, 6) is -0.311. The summed E-state index contributed by atoms with van der Waals surface area (Å²) in [5.41, 5.74) is 0.518. The van der Waals surface area contributed by atoms with Crippen LogP contribution >= 0.6 is 11.6 Å². The second kappa shape index (κ2) is 5.26. The molecule has 0 radical (unpaired) electrons. The molecule has 0 aliphatic carbocycles. The predicted molar refractivity (Wildman–Crippen MR) is 59.6 cm³/mol. The third-order valence-electron chi connectivity index (χ3n) is 2.54. The smallest absolute Gasteiger partial charge is 0.133 e. The fraction of sp³-hybridized carbons (Fsp3) is 0.417. The average Bonchev–Trinajstić information content (AvgIpc) is 2.18. The third-order valence-corrected chi connectivity index (χ3v) is 2.78. The van der Waals surface area contributed by atoms with Crippen molar-refractivity contribution in [3.8, 4) is 0 Å². The standard InChI is InChI=1S/C12H14ClFO/c1-3-9(8(2)15)6-10-7-11(13)4-5-12(10)14/h4-5,7,9H,3,6H2,1-2H3. The van der Waals surface area contributed by atoms with E-state index in [0.29, 0.717) is 17.0 Å². The fourth-order valence-corrected chi connectivity index (χ4v) is 1.74. The molecule has 0 fully saturated rings. The Balaban J connectivity index is 2.87. The Hall–Kier alpha value is -0.890. The number of rotatable bonds is 4. The van der Waals surface area contributed by atoms with Gasteiger partial charge in [-0.1, -0.05) is 18.5 Å². The molecule has 0 saturated carbocycles. The molecule has 0 aliphatic rings. The summed E-state index contributed by atoms with van der Waals surface area (Å²) in [6.45, 7) is 3.46. The van der Waals surface area contributed by atoms with Crippen molar-refractivity contribution in [3.63, 3.8) is 0 Å². The summed E-state index contributed by atoms with van der Waals surface area (Å²) >= 11 is 5.77. The highest BCUT2D eigenvalue weighted by molar-refractivity contribution is 6.30. The lowest BCUT2D eigenvalue weighted by Crippen LogP contribution is -2.13. The van der Waals surface area contributed by atoms with Gasteiger partial charge in [-0.05, 0) is 43.5 Å². The van der Waals surface area contributed by atoms with Crippen LogP contribution < -0.4 is 0 Å². The Bertz CT molecular complexity index is 363. The second-order valence-electron chi connectivity index (χ2n) is 3.66. The van der Waals surface area contributed by atoms with Gasteiger partial charge in [-0.15, -0.1) is 0 Å². The molecule has 0 aromatic heterocycles. The van der Waals surface area contributed by atoms with Crippen LogP contribution in [0.15, 0.2) is 18.2 Å². The van der Waals surface area contributed by atoms with Crippen LogP contribution in [0.2, 0.25) is 5.02 Å². The van der Waals surface area contributed by atoms with Crippen molar-refractivity contribution in [1.29, 1.82) is 0 Å². The molecule has 1 atom stereocenters. The van der Waals surface area contributed by atoms with E-state index in [4.69, 9.17) is 11.6 Å². The minimum absolute atomic E-state index is 0.0943. The predicted octanol–water partition coefficient (Wildman–Crippen LogP) is 3.64. The van der Waals surface area contributed by atoms with E-state index in [-0.39, 0.29) is 17.5 Å². The first kappa shape index (κ1) is 12.2. The molecule has 0 aliphatic heterocycles. The number of hydrogen-bond acceptors (Lipinski definition) is 1. The summed E-state index contributed by atoms with van der Waals surface area (Å²) in [4.78, 5) is 11.2. The van der Waals surface area contributed by atoms with Crippen LogP contribution in [0.25, 0.3) is 0 Å². The SMILES string of the molecule is CCC(Cc1cc(Cl)ccc1F)C(C)=O. The summed E-state index contributed by atoms with van der Waals surface area (Å²) in [5, 5.41) is 0.504. The van der Waals surface area contributed by atoms with Gasteiger partial charge in [0.15, 0.2) is 0 Å². The number of carbonyl (C=O) groups is 1. The van der Waals surface area contributed by atoms with Gasteiger partial charge in [-0.25, -0.2) is 4.39 Å². The lowest BCUT2D eigenvalue weighted by atomic mass is 9.93. The van der Waals surface area contributed by atoms with E-state index in [1.807, 2.05) is 6.92 Å². The molecule has 0 spiro atoms. The first-order valence-corrected chi connectivity index (χ1v) is 5.36. The van der Waals surface area contributed by atoms with Crippen molar-refractivity contribution >= 4 is 17.4 Å². The molecule has 1 unspecified atom stereocenters. The van der Waals surface area contributed by atoms with Gasteiger partial charge in [0.25, 0.3) is 0 Å². The van der Waals surface area contributed by atoms with Gasteiger partial charge in [-0.3, -0.25) is 4.79 Å². The van der Waals surface area contributed by atoms with Gasteiger partial charge in [0.05, 0.1) is 0 Å². The van der Waals surface area contributed by atoms with Gasteiger partial charge < -0.3 is 0 Å². The van der Waals surface area contributed by atoms with Crippen molar-refractivity contribution in [2.75, 3.05) is 0 Å². The molecule has 1 rings (SSSR count). The van der Waals surface area contributed by atoms with E-state index >= 15 is 0 Å². The largest absolute Gasteiger partial charge is 0.300 e. The van der Waals surface area contributed by atoms with Crippen molar-refractivity contribution in [2.45, 2.75) is 26.7 Å². The van der Waals surface area contributed by atoms with Crippen LogP contribution in [0.3, 0.4) is 0 Å². The molecule has 3 heteroatoms. The van der Waals surface area contributed by atoms with E-state index in [2.05, 4.69) is 0 Å². The summed E-state index contributed by atoms with van der Waals surface area (Å²) in [6, 6.07) is 4.43. The van der Waals surface area contributed by atoms with Crippen LogP contribution in [0, 0.1) is 11.7 Å². The molecule has 15 heavy (non-hydrogen) atoms. The number of hydrogen-bond donors (Lipinski definition) is 0. The number of benzene rings is 1. The molecule has 82 valence electrons. The molecule has 0 N–H and O–H groups in total. The first-order valence-electron chi connectivity index (χ1n) is 4.99. The van der Waals surface area contributed by atoms with Crippen molar-refractivity contribution in [3.05, 3.63) is 34.6 Å². The molecule has 0 saturated heterocycles. The van der Waals surface area contributed by atoms with Gasteiger partial charge in [0, 0.05) is 10.9 Å². The maximum Gasteiger partial charge on any atom is 0.133 e. The van der Waals surface area contributed by atoms with Crippen molar-refractivity contribution in [2.24, 2.45) is 5.92 Å². The van der Waals surface area contributed by atoms with Crippen molar-refractivity contribution in [1.82, 2.24) is 0 Å². The second-order valence-corrected chi connectivity index (χ2v) is 4.09. The monoisotopic (exact) mass is 228 g/mol. The minimum Gasteiger partial charge on any atom is -0.300 e. The highest BCUT2D eigenvalue weighted by atomic mass is 35.5. The molecule has 1 aromatic rings. The topological polar surface area (TPSA) is 17.1 Å². The number of carbonyl (C=O) groups excluding carboxylic acids is 1. The quantitative estimate of drug-likeness (QED) is 0.769. The highest BCUT2D eigenvalue weighted by Crippen LogP contribution is 2.20. The van der Waals surface area contributed by atoms with Crippen LogP contribution in [-0.4, -0.2) is 5.78 Å². The van der Waals surface area contributed by atoms with Gasteiger partial charge in [-0.2, -0.15) is 0 Å². The summed E-state index contributed by atoms with van der Waals surface area (Å²) in [7, 11) is 0. The number of halogens is 2. The van der Waals surface area contributed by atoms with Crippen LogP contribution in [0.4, 0.5) is 4.39 Å². The number of Topliss-reactive ketones (excluding diaryl/α,β-unsaturated/α-hetero) is 1. The molecular formula is C12H14ClFO. The maximum atomic E-state index is 13.4. The molecular weight excluding hydrogens is 215 g/mol. The first-order chi connectivity index (χ1) is 7.04. The minimum atomic E-state index is -0.292. The normalized spacial score (nSPS) is 12.5. The fourth-order valence-electron chi connectivity index (χ4n) is 1.54.